The van der Waals surface area contributed by atoms with Gasteiger partial charge in [-0.2, -0.15) is 0 Å². The second-order valence-electron chi connectivity index (χ2n) is 6.22. The summed E-state index contributed by atoms with van der Waals surface area (Å²) in [5, 5.41) is 0. The molecule has 1 aliphatic heterocycles. The average molecular weight is 328 g/mol. The predicted molar refractivity (Wildman–Crippen MR) is 89.0 cm³/mol. The van der Waals surface area contributed by atoms with Gasteiger partial charge in [0, 0.05) is 25.5 Å². The fourth-order valence-corrected chi connectivity index (χ4v) is 3.01. The summed E-state index contributed by atoms with van der Waals surface area (Å²) in [4.78, 5) is 45.6. The predicted octanol–water partition coefficient (Wildman–Crippen LogP) is 0.852. The summed E-state index contributed by atoms with van der Waals surface area (Å²) < 4.78 is 1.02. The zero-order chi connectivity index (χ0) is 17.1. The van der Waals surface area contributed by atoms with Crippen LogP contribution < -0.4 is 11.2 Å². The Morgan fingerprint density at radius 3 is 2.92 bits per heavy atom. The van der Waals surface area contributed by atoms with Gasteiger partial charge in [-0.1, -0.05) is 13.0 Å². The van der Waals surface area contributed by atoms with E-state index in [4.69, 9.17) is 0 Å². The first kappa shape index (κ1) is 16.2. The highest BCUT2D eigenvalue weighted by atomic mass is 16.2. The van der Waals surface area contributed by atoms with Gasteiger partial charge >= 0.3 is 5.69 Å². The molecule has 1 unspecified atom stereocenters. The first-order chi connectivity index (χ1) is 11.6. The summed E-state index contributed by atoms with van der Waals surface area (Å²) in [6.07, 6.45) is 4.83. The van der Waals surface area contributed by atoms with Gasteiger partial charge in [0.25, 0.3) is 11.5 Å². The molecule has 1 atom stereocenters. The number of carbonyl (C=O) groups excluding carboxylic acids is 1. The van der Waals surface area contributed by atoms with Crippen LogP contribution in [0.3, 0.4) is 0 Å². The average Bonchev–Trinajstić information content (AvgIpc) is 2.59. The number of aromatic nitrogens is 3. The van der Waals surface area contributed by atoms with Gasteiger partial charge in [0.1, 0.15) is 5.56 Å². The van der Waals surface area contributed by atoms with Gasteiger partial charge in [-0.3, -0.25) is 19.1 Å². The summed E-state index contributed by atoms with van der Waals surface area (Å²) in [5.74, 6) is 0.0961. The lowest BCUT2D eigenvalue weighted by Gasteiger charge is -2.30. The second-order valence-corrected chi connectivity index (χ2v) is 6.22. The molecule has 0 spiro atoms. The van der Waals surface area contributed by atoms with Crippen molar-refractivity contribution < 1.29 is 4.79 Å². The molecule has 7 heteroatoms. The van der Waals surface area contributed by atoms with Gasteiger partial charge in [-0.15, -0.1) is 0 Å². The zero-order valence-electron chi connectivity index (χ0n) is 13.6. The number of aromatic amines is 1. The highest BCUT2D eigenvalue weighted by Crippen LogP contribution is 2.16. The van der Waals surface area contributed by atoms with Gasteiger partial charge in [0.05, 0.1) is 12.2 Å². The summed E-state index contributed by atoms with van der Waals surface area (Å²) in [7, 11) is 0. The fraction of sp³-hybridized carbons (Fsp3) is 0.412. The van der Waals surface area contributed by atoms with Crippen LogP contribution >= 0.6 is 0 Å². The summed E-state index contributed by atoms with van der Waals surface area (Å²) in [5.41, 5.74) is -0.539. The third-order valence-electron chi connectivity index (χ3n) is 4.28. The Bertz CT molecular complexity index is 841. The van der Waals surface area contributed by atoms with E-state index in [0.29, 0.717) is 24.7 Å². The minimum Gasteiger partial charge on any atom is -0.338 e. The largest absolute Gasteiger partial charge is 0.338 e. The van der Waals surface area contributed by atoms with Gasteiger partial charge in [-0.05, 0) is 30.9 Å². The molecule has 3 heterocycles. The number of pyridine rings is 1. The van der Waals surface area contributed by atoms with Crippen molar-refractivity contribution in [3.63, 3.8) is 0 Å². The molecule has 0 radical (unpaired) electrons. The van der Waals surface area contributed by atoms with E-state index >= 15 is 0 Å². The van der Waals surface area contributed by atoms with Crippen LogP contribution in [0, 0.1) is 5.92 Å². The van der Waals surface area contributed by atoms with Crippen molar-refractivity contribution >= 4 is 5.91 Å². The Morgan fingerprint density at radius 2 is 2.21 bits per heavy atom. The Balaban J connectivity index is 1.92. The number of nitrogens with one attached hydrogen (secondary N) is 1. The lowest BCUT2D eigenvalue weighted by atomic mass is 10.00. The number of rotatable bonds is 3. The minimum absolute atomic E-state index is 0.000342. The van der Waals surface area contributed by atoms with Crippen LogP contribution in [-0.4, -0.2) is 38.4 Å². The van der Waals surface area contributed by atoms with Crippen molar-refractivity contribution in [3.8, 4) is 0 Å². The Hall–Kier alpha value is -2.70. The van der Waals surface area contributed by atoms with Crippen LogP contribution in [0.15, 0.2) is 40.2 Å². The quantitative estimate of drug-likeness (QED) is 0.905. The highest BCUT2D eigenvalue weighted by molar-refractivity contribution is 5.93. The van der Waals surface area contributed by atoms with Crippen molar-refractivity contribution in [2.45, 2.75) is 26.3 Å². The monoisotopic (exact) mass is 328 g/mol. The van der Waals surface area contributed by atoms with Crippen LogP contribution in [0.25, 0.3) is 0 Å². The van der Waals surface area contributed by atoms with Crippen LogP contribution in [0.4, 0.5) is 0 Å². The van der Waals surface area contributed by atoms with Crippen LogP contribution in [0.2, 0.25) is 0 Å². The number of amides is 1. The molecule has 2 aromatic rings. The van der Waals surface area contributed by atoms with Gasteiger partial charge in [-0.25, -0.2) is 4.79 Å². The number of H-pyrrole nitrogens is 1. The van der Waals surface area contributed by atoms with Crippen molar-refractivity contribution in [1.82, 2.24) is 19.4 Å². The molecule has 24 heavy (non-hydrogen) atoms. The van der Waals surface area contributed by atoms with E-state index < -0.39 is 11.2 Å². The van der Waals surface area contributed by atoms with Crippen molar-refractivity contribution in [3.05, 3.63) is 62.7 Å². The maximum Gasteiger partial charge on any atom is 0.328 e. The van der Waals surface area contributed by atoms with E-state index in [2.05, 4.69) is 16.9 Å². The number of hydrogen-bond donors (Lipinski definition) is 1. The van der Waals surface area contributed by atoms with E-state index in [1.165, 1.54) is 6.20 Å². The molecule has 126 valence electrons. The lowest BCUT2D eigenvalue weighted by molar-refractivity contribution is 0.0680. The second kappa shape index (κ2) is 6.82. The van der Waals surface area contributed by atoms with E-state index in [1.54, 1.807) is 29.3 Å². The number of carbonyl (C=O) groups is 1. The van der Waals surface area contributed by atoms with E-state index in [9.17, 15) is 14.4 Å². The Labute approximate surface area is 139 Å². The summed E-state index contributed by atoms with van der Waals surface area (Å²) in [6, 6.07) is 5.27. The van der Waals surface area contributed by atoms with Crippen molar-refractivity contribution in [1.29, 1.82) is 0 Å². The topological polar surface area (TPSA) is 88.1 Å². The van der Waals surface area contributed by atoms with Crippen LogP contribution in [0.5, 0.6) is 0 Å². The fourth-order valence-electron chi connectivity index (χ4n) is 3.01. The molecule has 0 aromatic carbocycles. The normalized spacial score (nSPS) is 17.7. The molecule has 1 amide bonds. The molecular weight excluding hydrogens is 308 g/mol. The van der Waals surface area contributed by atoms with Gasteiger partial charge in [0.2, 0.25) is 0 Å². The van der Waals surface area contributed by atoms with E-state index in [1.807, 2.05) is 0 Å². The van der Waals surface area contributed by atoms with Crippen molar-refractivity contribution in [2.24, 2.45) is 5.92 Å². The maximum absolute atomic E-state index is 12.7. The van der Waals surface area contributed by atoms with Crippen molar-refractivity contribution in [2.75, 3.05) is 13.1 Å². The lowest BCUT2D eigenvalue weighted by Crippen LogP contribution is -2.45. The first-order valence-electron chi connectivity index (χ1n) is 8.08. The first-order valence-corrected chi connectivity index (χ1v) is 8.08. The smallest absolute Gasteiger partial charge is 0.328 e. The molecule has 1 saturated heterocycles. The number of hydrogen-bond acceptors (Lipinski definition) is 4. The summed E-state index contributed by atoms with van der Waals surface area (Å²) in [6.45, 7) is 3.40. The SMILES string of the molecule is CC1CCCN(C(=O)c2c[nH]c(=O)n(Cc3ccccn3)c2=O)C1. The number of likely N-dealkylation sites (tertiary alicyclic amines) is 1. The standard InChI is InChI=1S/C17H20N4O3/c1-12-5-4-8-20(10-12)15(22)14-9-19-17(24)21(16(14)23)11-13-6-2-3-7-18-13/h2-3,6-7,9,12H,4-5,8,10-11H2,1H3,(H,19,24). The molecular formula is C17H20N4O3. The zero-order valence-corrected chi connectivity index (χ0v) is 13.6. The molecule has 0 saturated carbocycles. The molecule has 3 rings (SSSR count). The van der Waals surface area contributed by atoms with Gasteiger partial charge in [0.15, 0.2) is 0 Å². The molecule has 2 aromatic heterocycles. The van der Waals surface area contributed by atoms with E-state index in [-0.39, 0.29) is 18.0 Å². The molecule has 0 bridgehead atoms. The number of piperidine rings is 1. The molecule has 7 nitrogen and oxygen atoms in total. The van der Waals surface area contributed by atoms with E-state index in [0.717, 1.165) is 17.4 Å². The number of nitrogens with zero attached hydrogens (tertiary/aromatic N) is 3. The Kier molecular flexibility index (Phi) is 4.59. The minimum atomic E-state index is -0.576. The maximum atomic E-state index is 12.7. The molecule has 0 aliphatic carbocycles. The third-order valence-corrected chi connectivity index (χ3v) is 4.28. The van der Waals surface area contributed by atoms with Crippen LogP contribution in [0.1, 0.15) is 35.8 Å². The Morgan fingerprint density at radius 1 is 1.38 bits per heavy atom. The molecule has 1 N–H and O–H groups in total. The molecule has 1 fully saturated rings. The molecule has 1 aliphatic rings. The third kappa shape index (κ3) is 3.29. The highest BCUT2D eigenvalue weighted by Gasteiger charge is 2.25. The van der Waals surface area contributed by atoms with Crippen LogP contribution in [-0.2, 0) is 6.54 Å². The summed E-state index contributed by atoms with van der Waals surface area (Å²) >= 11 is 0. The van der Waals surface area contributed by atoms with Gasteiger partial charge < -0.3 is 9.88 Å².